The molecule has 0 aromatic heterocycles. The Morgan fingerprint density at radius 1 is 1.50 bits per heavy atom. The van der Waals surface area contributed by atoms with E-state index in [1.54, 1.807) is 0 Å². The molecule has 0 radical (unpaired) electrons. The number of carbonyl (C=O) groups is 1. The molecule has 2 atom stereocenters. The van der Waals surface area contributed by atoms with Crippen molar-refractivity contribution < 1.29 is 19.4 Å². The molecular weight excluding hydrogens is 213 g/mol. The van der Waals surface area contributed by atoms with Crippen LogP contribution in [-0.4, -0.2) is 52.5 Å². The predicted octanol–water partition coefficient (Wildman–Crippen LogP) is 1.04. The van der Waals surface area contributed by atoms with Gasteiger partial charge in [0.1, 0.15) is 5.60 Å². The van der Waals surface area contributed by atoms with Gasteiger partial charge in [0.15, 0.2) is 0 Å². The number of hydrogen-bond donors (Lipinski definition) is 2. The molecule has 2 unspecified atom stereocenters. The maximum absolute atomic E-state index is 13.4. The highest BCUT2D eigenvalue weighted by Gasteiger charge is 2.42. The Kier molecular flexibility index (Phi) is 4.68. The number of hydrogen-bond acceptors (Lipinski definition) is 3. The fraction of sp³-hybridized carbons (Fsp3) is 0.909. The number of nitrogens with zero attached hydrogens (tertiary/aromatic N) is 1. The molecule has 1 heterocycles. The first-order chi connectivity index (χ1) is 7.49. The number of aliphatic hydroxyl groups is 1. The van der Waals surface area contributed by atoms with E-state index in [-0.39, 0.29) is 12.8 Å². The van der Waals surface area contributed by atoms with Crippen molar-refractivity contribution in [2.24, 2.45) is 0 Å². The molecule has 16 heavy (non-hydrogen) atoms. The van der Waals surface area contributed by atoms with Crippen LogP contribution in [0.1, 0.15) is 32.6 Å². The van der Waals surface area contributed by atoms with Crippen LogP contribution in [0.25, 0.3) is 0 Å². The van der Waals surface area contributed by atoms with Gasteiger partial charge in [0, 0.05) is 6.54 Å². The van der Waals surface area contributed by atoms with Crippen LogP contribution in [0.5, 0.6) is 0 Å². The Morgan fingerprint density at radius 2 is 2.19 bits per heavy atom. The number of carboxylic acid groups (broad SMARTS) is 1. The summed E-state index contributed by atoms with van der Waals surface area (Å²) in [5, 5.41) is 18.6. The molecular formula is C11H20FNO3. The summed E-state index contributed by atoms with van der Waals surface area (Å²) in [6.45, 7) is 4.35. The Hall–Kier alpha value is -0.680. The average Bonchev–Trinajstić information content (AvgIpc) is 2.42. The minimum atomic E-state index is -2.17. The van der Waals surface area contributed by atoms with E-state index >= 15 is 0 Å². The second kappa shape index (κ2) is 5.59. The summed E-state index contributed by atoms with van der Waals surface area (Å²) in [6.07, 6.45) is -0.101. The molecule has 0 aromatic rings. The summed E-state index contributed by atoms with van der Waals surface area (Å²) >= 11 is 0. The average molecular weight is 233 g/mol. The minimum absolute atomic E-state index is 0.195. The van der Waals surface area contributed by atoms with Crippen molar-refractivity contribution in [1.29, 1.82) is 0 Å². The minimum Gasteiger partial charge on any atom is -0.479 e. The summed E-state index contributed by atoms with van der Waals surface area (Å²) in [7, 11) is 0. The highest BCUT2D eigenvalue weighted by molar-refractivity contribution is 5.73. The molecule has 0 aliphatic carbocycles. The predicted molar refractivity (Wildman–Crippen MR) is 58.1 cm³/mol. The van der Waals surface area contributed by atoms with Crippen molar-refractivity contribution in [2.75, 3.05) is 19.6 Å². The Bertz CT molecular complexity index is 249. The quantitative estimate of drug-likeness (QED) is 0.761. The maximum Gasteiger partial charge on any atom is 0.341 e. The molecule has 1 rings (SSSR count). The number of rotatable bonds is 4. The molecule has 0 saturated carbocycles. The highest BCUT2D eigenvalue weighted by atomic mass is 19.1. The lowest BCUT2D eigenvalue weighted by atomic mass is 9.89. The first-order valence-corrected chi connectivity index (χ1v) is 5.81. The third-order valence-corrected chi connectivity index (χ3v) is 3.17. The van der Waals surface area contributed by atoms with Gasteiger partial charge in [-0.25, -0.2) is 9.18 Å². The zero-order valence-electron chi connectivity index (χ0n) is 9.65. The van der Waals surface area contributed by atoms with Crippen LogP contribution in [0.3, 0.4) is 0 Å². The molecule has 0 bridgehead atoms. The third-order valence-electron chi connectivity index (χ3n) is 3.17. The number of halogens is 1. The van der Waals surface area contributed by atoms with Crippen molar-refractivity contribution >= 4 is 5.97 Å². The molecule has 0 aromatic carbocycles. The molecule has 1 aliphatic rings. The lowest BCUT2D eigenvalue weighted by Crippen LogP contribution is -2.45. The van der Waals surface area contributed by atoms with Crippen molar-refractivity contribution in [2.45, 2.75) is 44.4 Å². The van der Waals surface area contributed by atoms with Crippen molar-refractivity contribution in [1.82, 2.24) is 4.90 Å². The van der Waals surface area contributed by atoms with Crippen LogP contribution >= 0.6 is 0 Å². The first-order valence-electron chi connectivity index (χ1n) is 5.81. The zero-order valence-corrected chi connectivity index (χ0v) is 9.65. The fourth-order valence-electron chi connectivity index (χ4n) is 2.22. The van der Waals surface area contributed by atoms with Gasteiger partial charge in [-0.1, -0.05) is 6.92 Å². The summed E-state index contributed by atoms with van der Waals surface area (Å²) in [4.78, 5) is 12.7. The van der Waals surface area contributed by atoms with Gasteiger partial charge in [-0.2, -0.15) is 0 Å². The summed E-state index contributed by atoms with van der Waals surface area (Å²) in [6, 6.07) is 0. The molecule has 0 spiro atoms. The number of carboxylic acids is 1. The van der Waals surface area contributed by atoms with E-state index in [0.29, 0.717) is 13.0 Å². The topological polar surface area (TPSA) is 60.8 Å². The van der Waals surface area contributed by atoms with Gasteiger partial charge >= 0.3 is 5.97 Å². The Labute approximate surface area is 95.1 Å². The summed E-state index contributed by atoms with van der Waals surface area (Å²) < 4.78 is 13.4. The van der Waals surface area contributed by atoms with Gasteiger partial charge < -0.3 is 15.1 Å². The Morgan fingerprint density at radius 3 is 2.75 bits per heavy atom. The van der Waals surface area contributed by atoms with Crippen molar-refractivity contribution in [3.05, 3.63) is 0 Å². The lowest BCUT2D eigenvalue weighted by Gasteiger charge is -2.27. The summed E-state index contributed by atoms with van der Waals surface area (Å²) in [5.41, 5.74) is -1.69. The van der Waals surface area contributed by atoms with Crippen LogP contribution in [0.15, 0.2) is 0 Å². The highest BCUT2D eigenvalue weighted by Crippen LogP contribution is 2.28. The Balaban J connectivity index is 2.60. The smallest absolute Gasteiger partial charge is 0.341 e. The number of likely N-dealkylation sites (tertiary alicyclic amines) is 1. The van der Waals surface area contributed by atoms with Crippen LogP contribution < -0.4 is 0 Å². The van der Waals surface area contributed by atoms with E-state index < -0.39 is 17.7 Å². The van der Waals surface area contributed by atoms with E-state index in [0.717, 1.165) is 19.5 Å². The van der Waals surface area contributed by atoms with E-state index in [9.17, 15) is 14.3 Å². The molecule has 0 amide bonds. The first kappa shape index (κ1) is 13.4. The third kappa shape index (κ3) is 3.15. The van der Waals surface area contributed by atoms with Crippen LogP contribution in [-0.2, 0) is 4.79 Å². The van der Waals surface area contributed by atoms with Gasteiger partial charge in [-0.15, -0.1) is 0 Å². The molecule has 1 fully saturated rings. The molecule has 1 saturated heterocycles. The largest absolute Gasteiger partial charge is 0.479 e. The number of aliphatic carboxylic acids is 1. The van der Waals surface area contributed by atoms with Gasteiger partial charge in [0.25, 0.3) is 0 Å². The van der Waals surface area contributed by atoms with Crippen LogP contribution in [0.4, 0.5) is 4.39 Å². The van der Waals surface area contributed by atoms with Gasteiger partial charge in [-0.05, 0) is 38.8 Å². The van der Waals surface area contributed by atoms with Crippen molar-refractivity contribution in [3.8, 4) is 0 Å². The van der Waals surface area contributed by atoms with Crippen LogP contribution in [0.2, 0.25) is 0 Å². The monoisotopic (exact) mass is 233 g/mol. The van der Waals surface area contributed by atoms with Crippen LogP contribution in [0, 0.1) is 0 Å². The fourth-order valence-corrected chi connectivity index (χ4v) is 2.22. The molecule has 4 nitrogen and oxygen atoms in total. The zero-order chi connectivity index (χ0) is 12.2. The SMILES string of the molecule is CCCN1CCCC(O)(C(F)C(=O)O)CC1. The van der Waals surface area contributed by atoms with Gasteiger partial charge in [-0.3, -0.25) is 0 Å². The van der Waals surface area contributed by atoms with E-state index in [4.69, 9.17) is 5.11 Å². The second-order valence-electron chi connectivity index (χ2n) is 4.50. The molecule has 2 N–H and O–H groups in total. The van der Waals surface area contributed by atoms with Crippen molar-refractivity contribution in [3.63, 3.8) is 0 Å². The van der Waals surface area contributed by atoms with E-state index in [1.165, 1.54) is 0 Å². The van der Waals surface area contributed by atoms with E-state index in [2.05, 4.69) is 11.8 Å². The van der Waals surface area contributed by atoms with Gasteiger partial charge in [0.2, 0.25) is 6.17 Å². The lowest BCUT2D eigenvalue weighted by molar-refractivity contribution is -0.155. The van der Waals surface area contributed by atoms with Gasteiger partial charge in [0.05, 0.1) is 0 Å². The molecule has 5 heteroatoms. The summed E-state index contributed by atoms with van der Waals surface area (Å²) in [5.74, 6) is -1.56. The normalized spacial score (nSPS) is 29.7. The number of alkyl halides is 1. The standard InChI is InChI=1S/C11H20FNO3/c1-2-6-13-7-3-4-11(16,5-8-13)9(12)10(14)15/h9,16H,2-8H2,1H3,(H,14,15). The van der Waals surface area contributed by atoms with E-state index in [1.807, 2.05) is 0 Å². The molecule has 1 aliphatic heterocycles. The molecule has 94 valence electrons. The maximum atomic E-state index is 13.4. The second-order valence-corrected chi connectivity index (χ2v) is 4.50.